The van der Waals surface area contributed by atoms with Crippen molar-refractivity contribution in [3.63, 3.8) is 0 Å². The Morgan fingerprint density at radius 3 is 3.06 bits per heavy atom. The van der Waals surface area contributed by atoms with Gasteiger partial charge in [0.15, 0.2) is 0 Å². The molecule has 3 heterocycles. The average Bonchev–Trinajstić information content (AvgIpc) is 2.88. The van der Waals surface area contributed by atoms with E-state index in [1.54, 1.807) is 7.05 Å². The van der Waals surface area contributed by atoms with E-state index in [-0.39, 0.29) is 23.1 Å². The molecule has 0 saturated carbocycles. The lowest BCUT2D eigenvalue weighted by Gasteiger charge is -1.96. The van der Waals surface area contributed by atoms with Gasteiger partial charge in [0.1, 0.15) is 0 Å². The highest BCUT2D eigenvalue weighted by atomic mass is 16.6. The van der Waals surface area contributed by atoms with Crippen molar-refractivity contribution in [3.8, 4) is 0 Å². The van der Waals surface area contributed by atoms with Gasteiger partial charge in [-0.15, -0.1) is 5.10 Å². The van der Waals surface area contributed by atoms with Crippen molar-refractivity contribution in [2.75, 3.05) is 5.32 Å². The Labute approximate surface area is 91.8 Å². The second kappa shape index (κ2) is 3.33. The fourth-order valence-corrected chi connectivity index (χ4v) is 1.18. The zero-order valence-corrected chi connectivity index (χ0v) is 8.45. The van der Waals surface area contributed by atoms with Crippen molar-refractivity contribution < 1.29 is 4.63 Å². The predicted molar refractivity (Wildman–Crippen MR) is 52.3 cm³/mol. The predicted octanol–water partition coefficient (Wildman–Crippen LogP) is -1.43. The molecule has 0 fully saturated rings. The Hall–Kier alpha value is -2.85. The second-order valence-electron chi connectivity index (χ2n) is 3.08. The van der Waals surface area contributed by atoms with Crippen LogP contribution in [0.4, 0.5) is 11.8 Å². The van der Waals surface area contributed by atoms with E-state index in [0.717, 1.165) is 0 Å². The van der Waals surface area contributed by atoms with Gasteiger partial charge in [0.25, 0.3) is 11.5 Å². The molecule has 3 aromatic heterocycles. The summed E-state index contributed by atoms with van der Waals surface area (Å²) in [6.45, 7) is 0. The number of hydrogen-bond donors (Lipinski definition) is 2. The first-order chi connectivity index (χ1) is 8.22. The summed E-state index contributed by atoms with van der Waals surface area (Å²) in [5.41, 5.74) is -0.135. The fraction of sp³-hybridized carbons (Fsp3) is 0.167. The van der Waals surface area contributed by atoms with Gasteiger partial charge in [0, 0.05) is 0 Å². The maximum Gasteiger partial charge on any atom is 0.292 e. The first-order valence-electron chi connectivity index (χ1n) is 4.46. The van der Waals surface area contributed by atoms with Crippen LogP contribution in [-0.4, -0.2) is 40.5 Å². The molecule has 0 bridgehead atoms. The molecule has 0 aliphatic carbocycles. The van der Waals surface area contributed by atoms with E-state index in [0.29, 0.717) is 0 Å². The van der Waals surface area contributed by atoms with Gasteiger partial charge in [-0.05, 0) is 15.5 Å². The molecule has 11 nitrogen and oxygen atoms in total. The van der Waals surface area contributed by atoms with Gasteiger partial charge in [-0.1, -0.05) is 5.10 Å². The van der Waals surface area contributed by atoms with Crippen molar-refractivity contribution in [2.24, 2.45) is 7.05 Å². The standard InChI is InChI=1S/C6H5N9O2/c1-15-11-6(10-14-15)9-4-5(16)8-3-2(7-4)12-17-13-3/h1H3,(H,8,13,16)(H,7,9,11,12). The molecule has 11 heteroatoms. The summed E-state index contributed by atoms with van der Waals surface area (Å²) in [6, 6.07) is 0. The number of tetrazole rings is 1. The van der Waals surface area contributed by atoms with Crippen molar-refractivity contribution in [1.29, 1.82) is 0 Å². The first-order valence-corrected chi connectivity index (χ1v) is 4.46. The number of aryl methyl sites for hydroxylation is 1. The number of H-pyrrole nitrogens is 1. The third kappa shape index (κ3) is 1.58. The molecule has 2 N–H and O–H groups in total. The van der Waals surface area contributed by atoms with Crippen LogP contribution in [0, 0.1) is 0 Å². The Balaban J connectivity index is 2.04. The highest BCUT2D eigenvalue weighted by Crippen LogP contribution is 2.06. The van der Waals surface area contributed by atoms with Gasteiger partial charge in [0.2, 0.25) is 17.1 Å². The van der Waals surface area contributed by atoms with Crippen LogP contribution < -0.4 is 10.9 Å². The van der Waals surface area contributed by atoms with Crippen molar-refractivity contribution in [1.82, 2.24) is 40.5 Å². The molecule has 0 spiro atoms. The summed E-state index contributed by atoms with van der Waals surface area (Å²) in [7, 11) is 1.60. The summed E-state index contributed by atoms with van der Waals surface area (Å²) in [4.78, 5) is 19.1. The van der Waals surface area contributed by atoms with Crippen LogP contribution in [0.5, 0.6) is 0 Å². The lowest BCUT2D eigenvalue weighted by Crippen LogP contribution is -2.14. The van der Waals surface area contributed by atoms with E-state index < -0.39 is 5.56 Å². The SMILES string of the molecule is Cn1nnc(Nc2nc3nonc3[nH]c2=O)n1. The normalized spacial score (nSPS) is 10.9. The van der Waals surface area contributed by atoms with E-state index >= 15 is 0 Å². The van der Waals surface area contributed by atoms with Crippen LogP contribution >= 0.6 is 0 Å². The van der Waals surface area contributed by atoms with E-state index in [4.69, 9.17) is 0 Å². The molecule has 3 aromatic rings. The van der Waals surface area contributed by atoms with Crippen molar-refractivity contribution >= 4 is 23.1 Å². The summed E-state index contributed by atoms with van der Waals surface area (Å²) < 4.78 is 4.42. The molecule has 86 valence electrons. The number of aromatic nitrogens is 8. The molecular formula is C6H5N9O2. The fourth-order valence-electron chi connectivity index (χ4n) is 1.18. The van der Waals surface area contributed by atoms with Crippen molar-refractivity contribution in [2.45, 2.75) is 0 Å². The zero-order valence-electron chi connectivity index (χ0n) is 8.45. The number of rotatable bonds is 2. The number of nitrogens with zero attached hydrogens (tertiary/aromatic N) is 7. The Morgan fingerprint density at radius 1 is 1.41 bits per heavy atom. The van der Waals surface area contributed by atoms with Crippen molar-refractivity contribution in [3.05, 3.63) is 10.4 Å². The Kier molecular flexibility index (Phi) is 1.84. The molecule has 0 radical (unpaired) electrons. The summed E-state index contributed by atoms with van der Waals surface area (Å²) >= 11 is 0. The quantitative estimate of drug-likeness (QED) is 0.546. The highest BCUT2D eigenvalue weighted by molar-refractivity contribution is 5.65. The van der Waals surface area contributed by atoms with E-state index in [9.17, 15) is 4.79 Å². The van der Waals surface area contributed by atoms with E-state index in [2.05, 4.69) is 45.6 Å². The van der Waals surface area contributed by atoms with E-state index in [1.165, 1.54) is 4.80 Å². The monoisotopic (exact) mass is 235 g/mol. The topological polar surface area (TPSA) is 140 Å². The molecule has 17 heavy (non-hydrogen) atoms. The van der Waals surface area contributed by atoms with Gasteiger partial charge >= 0.3 is 0 Å². The van der Waals surface area contributed by atoms with Gasteiger partial charge in [0.05, 0.1) is 7.05 Å². The number of anilines is 2. The third-order valence-electron chi connectivity index (χ3n) is 1.87. The summed E-state index contributed by atoms with van der Waals surface area (Å²) in [5.74, 6) is 0.141. The smallest absolute Gasteiger partial charge is 0.292 e. The minimum Gasteiger partial charge on any atom is -0.301 e. The van der Waals surface area contributed by atoms with Gasteiger partial charge in [-0.25, -0.2) is 4.63 Å². The molecule has 0 unspecified atom stereocenters. The molecule has 0 aliphatic heterocycles. The first kappa shape index (κ1) is 9.38. The van der Waals surface area contributed by atoms with Gasteiger partial charge < -0.3 is 5.32 Å². The van der Waals surface area contributed by atoms with Gasteiger partial charge in [-0.2, -0.15) is 9.78 Å². The molecule has 0 atom stereocenters. The van der Waals surface area contributed by atoms with Crippen LogP contribution in [0.3, 0.4) is 0 Å². The minimum absolute atomic E-state index is 0.0128. The summed E-state index contributed by atoms with van der Waals surface area (Å²) in [6.07, 6.45) is 0. The average molecular weight is 235 g/mol. The molecule has 0 saturated heterocycles. The molecule has 0 aliphatic rings. The molecule has 3 rings (SSSR count). The maximum atomic E-state index is 11.6. The van der Waals surface area contributed by atoms with Crippen LogP contribution in [0.25, 0.3) is 11.3 Å². The summed E-state index contributed by atoms with van der Waals surface area (Å²) in [5, 5.41) is 20.7. The molecule has 0 amide bonds. The molecular weight excluding hydrogens is 230 g/mol. The number of fused-ring (bicyclic) bond motifs is 1. The van der Waals surface area contributed by atoms with Crippen LogP contribution in [0.1, 0.15) is 0 Å². The molecule has 0 aromatic carbocycles. The van der Waals surface area contributed by atoms with Gasteiger partial charge in [-0.3, -0.25) is 9.78 Å². The number of aromatic amines is 1. The maximum absolute atomic E-state index is 11.6. The second-order valence-corrected chi connectivity index (χ2v) is 3.08. The third-order valence-corrected chi connectivity index (χ3v) is 1.87. The van der Waals surface area contributed by atoms with Crippen LogP contribution in [0.2, 0.25) is 0 Å². The largest absolute Gasteiger partial charge is 0.301 e. The van der Waals surface area contributed by atoms with Crippen LogP contribution in [-0.2, 0) is 7.05 Å². The number of hydrogen-bond acceptors (Lipinski definition) is 9. The lowest BCUT2D eigenvalue weighted by atomic mass is 10.6. The minimum atomic E-state index is -0.486. The lowest BCUT2D eigenvalue weighted by molar-refractivity contribution is 0.314. The zero-order chi connectivity index (χ0) is 11.8. The Bertz CT molecular complexity index is 724. The highest BCUT2D eigenvalue weighted by Gasteiger charge is 2.10. The van der Waals surface area contributed by atoms with Crippen LogP contribution in [0.15, 0.2) is 9.42 Å². The number of nitrogens with one attached hydrogen (secondary N) is 2. The van der Waals surface area contributed by atoms with E-state index in [1.807, 2.05) is 0 Å². The Morgan fingerprint density at radius 2 is 2.29 bits per heavy atom.